The van der Waals surface area contributed by atoms with Crippen molar-refractivity contribution < 1.29 is 9.90 Å². The maximum Gasteiger partial charge on any atom is 0.327 e. The molecule has 6 nitrogen and oxygen atoms in total. The Labute approximate surface area is 114 Å². The van der Waals surface area contributed by atoms with Crippen LogP contribution in [0, 0.1) is 0 Å². The minimum Gasteiger partial charge on any atom is -0.480 e. The van der Waals surface area contributed by atoms with Crippen molar-refractivity contribution >= 4 is 17.5 Å². The third-order valence-electron chi connectivity index (χ3n) is 3.45. The van der Waals surface area contributed by atoms with Crippen LogP contribution in [0.4, 0.5) is 11.5 Å². The summed E-state index contributed by atoms with van der Waals surface area (Å²) in [6.07, 6.45) is 0.427. The van der Waals surface area contributed by atoms with Gasteiger partial charge in [-0.3, -0.25) is 4.79 Å². The van der Waals surface area contributed by atoms with E-state index in [1.807, 2.05) is 24.3 Å². The van der Waals surface area contributed by atoms with Gasteiger partial charge in [0.15, 0.2) is 5.82 Å². The number of benzene rings is 1. The summed E-state index contributed by atoms with van der Waals surface area (Å²) in [5.74, 6) is -0.443. The predicted molar refractivity (Wildman–Crippen MR) is 73.2 cm³/mol. The molecular formula is C14H13N3O3. The molecule has 0 radical (unpaired) electrons. The van der Waals surface area contributed by atoms with Gasteiger partial charge in [-0.05, 0) is 17.7 Å². The average molecular weight is 271 g/mol. The molecule has 0 fully saturated rings. The Morgan fingerprint density at radius 2 is 2.05 bits per heavy atom. The smallest absolute Gasteiger partial charge is 0.327 e. The van der Waals surface area contributed by atoms with E-state index in [0.717, 1.165) is 11.3 Å². The molecule has 1 aromatic carbocycles. The van der Waals surface area contributed by atoms with Gasteiger partial charge in [-0.1, -0.05) is 18.2 Å². The average Bonchev–Trinajstić information content (AvgIpc) is 2.81. The van der Waals surface area contributed by atoms with Crippen LogP contribution in [0.25, 0.3) is 0 Å². The molecule has 1 unspecified atom stereocenters. The first kappa shape index (κ1) is 12.4. The standard InChI is InChI=1S/C14H13N3O3/c1-16-13(18)7-6-12(15-16)17-10-5-3-2-4-9(10)8-11(17)14(19)20/h2-7,11H,8H2,1H3,(H,19,20). The zero-order valence-corrected chi connectivity index (χ0v) is 10.9. The van der Waals surface area contributed by atoms with Gasteiger partial charge >= 0.3 is 5.97 Å². The fourth-order valence-corrected chi connectivity index (χ4v) is 2.49. The van der Waals surface area contributed by atoms with Gasteiger partial charge in [0.05, 0.1) is 0 Å². The SMILES string of the molecule is Cn1nc(N2c3ccccc3CC2C(=O)O)ccc1=O. The van der Waals surface area contributed by atoms with Crippen molar-refractivity contribution in [1.29, 1.82) is 0 Å². The van der Waals surface area contributed by atoms with Gasteiger partial charge in [-0.2, -0.15) is 5.10 Å². The van der Waals surface area contributed by atoms with E-state index in [9.17, 15) is 14.7 Å². The van der Waals surface area contributed by atoms with Crippen molar-refractivity contribution in [1.82, 2.24) is 9.78 Å². The van der Waals surface area contributed by atoms with E-state index < -0.39 is 12.0 Å². The highest BCUT2D eigenvalue weighted by Gasteiger charge is 2.36. The number of anilines is 2. The lowest BCUT2D eigenvalue weighted by molar-refractivity contribution is -0.138. The molecule has 20 heavy (non-hydrogen) atoms. The molecule has 0 aliphatic carbocycles. The Balaban J connectivity index is 2.15. The first-order chi connectivity index (χ1) is 9.58. The summed E-state index contributed by atoms with van der Waals surface area (Å²) in [7, 11) is 1.55. The number of aliphatic carboxylic acids is 1. The van der Waals surface area contributed by atoms with Crippen LogP contribution in [0.2, 0.25) is 0 Å². The number of hydrogen-bond donors (Lipinski definition) is 1. The number of hydrogen-bond acceptors (Lipinski definition) is 4. The second-order valence-corrected chi connectivity index (χ2v) is 4.71. The molecule has 2 aromatic rings. The molecule has 1 aliphatic heterocycles. The van der Waals surface area contributed by atoms with Crippen LogP contribution >= 0.6 is 0 Å². The second-order valence-electron chi connectivity index (χ2n) is 4.71. The van der Waals surface area contributed by atoms with Gasteiger partial charge in [0, 0.05) is 25.2 Å². The highest BCUT2D eigenvalue weighted by molar-refractivity contribution is 5.86. The topological polar surface area (TPSA) is 75.4 Å². The first-order valence-corrected chi connectivity index (χ1v) is 6.22. The lowest BCUT2D eigenvalue weighted by Gasteiger charge is -2.23. The van der Waals surface area contributed by atoms with Gasteiger partial charge in [0.2, 0.25) is 0 Å². The van der Waals surface area contributed by atoms with Gasteiger partial charge in [0.1, 0.15) is 6.04 Å². The summed E-state index contributed by atoms with van der Waals surface area (Å²) in [6.45, 7) is 0. The lowest BCUT2D eigenvalue weighted by Crippen LogP contribution is -2.36. The normalized spacial score (nSPS) is 17.1. The number of fused-ring (bicyclic) bond motifs is 1. The van der Waals surface area contributed by atoms with Crippen molar-refractivity contribution in [2.45, 2.75) is 12.5 Å². The third kappa shape index (κ3) is 1.85. The molecule has 6 heteroatoms. The number of rotatable bonds is 2. The highest BCUT2D eigenvalue weighted by atomic mass is 16.4. The Morgan fingerprint density at radius 3 is 2.75 bits per heavy atom. The molecule has 0 amide bonds. The van der Waals surface area contributed by atoms with E-state index in [-0.39, 0.29) is 5.56 Å². The summed E-state index contributed by atoms with van der Waals surface area (Å²) >= 11 is 0. The van der Waals surface area contributed by atoms with E-state index in [1.165, 1.54) is 10.7 Å². The van der Waals surface area contributed by atoms with E-state index in [1.54, 1.807) is 18.0 Å². The van der Waals surface area contributed by atoms with Crippen molar-refractivity contribution in [3.05, 3.63) is 52.3 Å². The maximum absolute atomic E-state index is 11.5. The summed E-state index contributed by atoms with van der Waals surface area (Å²) < 4.78 is 1.20. The Hall–Kier alpha value is -2.63. The molecular weight excluding hydrogens is 258 g/mol. The van der Waals surface area contributed by atoms with Crippen molar-refractivity contribution in [2.24, 2.45) is 7.05 Å². The fraction of sp³-hybridized carbons (Fsp3) is 0.214. The minimum absolute atomic E-state index is 0.229. The molecule has 102 valence electrons. The van der Waals surface area contributed by atoms with Crippen LogP contribution in [-0.4, -0.2) is 26.9 Å². The molecule has 0 spiro atoms. The molecule has 1 atom stereocenters. The summed E-state index contributed by atoms with van der Waals surface area (Å²) in [5.41, 5.74) is 1.56. The molecule has 0 bridgehead atoms. The second kappa shape index (κ2) is 4.48. The van der Waals surface area contributed by atoms with Crippen molar-refractivity contribution in [3.63, 3.8) is 0 Å². The number of carboxylic acid groups (broad SMARTS) is 1. The van der Waals surface area contributed by atoms with Crippen LogP contribution in [0.1, 0.15) is 5.56 Å². The molecule has 0 saturated heterocycles. The summed E-state index contributed by atoms with van der Waals surface area (Å²) in [5, 5.41) is 13.6. The molecule has 1 aliphatic rings. The molecule has 3 rings (SSSR count). The van der Waals surface area contributed by atoms with Crippen LogP contribution in [0.3, 0.4) is 0 Å². The zero-order chi connectivity index (χ0) is 14.3. The van der Waals surface area contributed by atoms with Gasteiger partial charge in [-0.15, -0.1) is 0 Å². The predicted octanol–water partition coefficient (Wildman–Crippen LogP) is 0.928. The Bertz CT molecular complexity index is 738. The summed E-state index contributed by atoms with van der Waals surface area (Å²) in [6, 6.07) is 9.77. The zero-order valence-electron chi connectivity index (χ0n) is 10.9. The van der Waals surface area contributed by atoms with E-state index in [0.29, 0.717) is 12.2 Å². The summed E-state index contributed by atoms with van der Waals surface area (Å²) in [4.78, 5) is 24.5. The lowest BCUT2D eigenvalue weighted by atomic mass is 10.1. The van der Waals surface area contributed by atoms with Gasteiger partial charge in [0.25, 0.3) is 5.56 Å². The third-order valence-corrected chi connectivity index (χ3v) is 3.45. The number of aromatic nitrogens is 2. The fourth-order valence-electron chi connectivity index (χ4n) is 2.49. The van der Waals surface area contributed by atoms with Crippen molar-refractivity contribution in [3.8, 4) is 0 Å². The molecule has 1 aromatic heterocycles. The van der Waals surface area contributed by atoms with E-state index >= 15 is 0 Å². The number of carboxylic acids is 1. The number of aryl methyl sites for hydroxylation is 1. The number of nitrogens with zero attached hydrogens (tertiary/aromatic N) is 3. The highest BCUT2D eigenvalue weighted by Crippen LogP contribution is 2.36. The largest absolute Gasteiger partial charge is 0.480 e. The van der Waals surface area contributed by atoms with Crippen LogP contribution in [0.5, 0.6) is 0 Å². The quantitative estimate of drug-likeness (QED) is 0.879. The van der Waals surface area contributed by atoms with Gasteiger partial charge in [-0.25, -0.2) is 9.48 Å². The maximum atomic E-state index is 11.5. The van der Waals surface area contributed by atoms with E-state index in [2.05, 4.69) is 5.10 Å². The van der Waals surface area contributed by atoms with Crippen LogP contribution in [0.15, 0.2) is 41.2 Å². The van der Waals surface area contributed by atoms with E-state index in [4.69, 9.17) is 0 Å². The van der Waals surface area contributed by atoms with Crippen LogP contribution in [-0.2, 0) is 18.3 Å². The monoisotopic (exact) mass is 271 g/mol. The van der Waals surface area contributed by atoms with Gasteiger partial charge < -0.3 is 10.0 Å². The number of para-hydroxylation sites is 1. The first-order valence-electron chi connectivity index (χ1n) is 6.22. The molecule has 0 saturated carbocycles. The molecule has 2 heterocycles. The van der Waals surface area contributed by atoms with Crippen LogP contribution < -0.4 is 10.5 Å². The molecule has 1 N–H and O–H groups in total. The Morgan fingerprint density at radius 1 is 1.30 bits per heavy atom. The number of carbonyl (C=O) groups is 1. The van der Waals surface area contributed by atoms with Crippen molar-refractivity contribution in [2.75, 3.05) is 4.90 Å². The minimum atomic E-state index is -0.906. The Kier molecular flexibility index (Phi) is 2.78.